The first-order valence-corrected chi connectivity index (χ1v) is 20.8. The number of rotatable bonds is 8. The summed E-state index contributed by atoms with van der Waals surface area (Å²) >= 11 is 0. The highest BCUT2D eigenvalue weighted by molar-refractivity contribution is 5.89. The molecule has 0 amide bonds. The number of hydrogen-bond donors (Lipinski definition) is 0. The Kier molecular flexibility index (Phi) is 9.05. The molecule has 2 aromatic heterocycles. The van der Waals surface area contributed by atoms with Crippen molar-refractivity contribution in [2.24, 2.45) is 0 Å². The average molecular weight is 778 g/mol. The number of fused-ring (bicyclic) bond motifs is 3. The van der Waals surface area contributed by atoms with E-state index in [0.29, 0.717) is 5.82 Å². The van der Waals surface area contributed by atoms with Crippen LogP contribution in [0.4, 0.5) is 0 Å². The van der Waals surface area contributed by atoms with E-state index in [1.165, 1.54) is 44.5 Å². The summed E-state index contributed by atoms with van der Waals surface area (Å²) in [5.74, 6) is 0.690. The van der Waals surface area contributed by atoms with Gasteiger partial charge in [0.25, 0.3) is 0 Å². The minimum atomic E-state index is -0.452. The first-order chi connectivity index (χ1) is 30.2. The standard InChI is InChI=1S/C58H39N3/c1-4-16-42(17-5-1)57-60-55(41-31-29-40(30-32-41)54-28-12-13-35-59-54)39-56(61-57)47-21-15-20-45(37-47)43-18-14-19-44(36-43)46-33-34-51-50-26-10-11-27-52(50)58(53(51)38-46,48-22-6-2-7-23-48)49-24-8-3-9-25-49/h1-39H. The summed E-state index contributed by atoms with van der Waals surface area (Å²) in [5.41, 5.74) is 18.6. The lowest BCUT2D eigenvalue weighted by Crippen LogP contribution is -2.28. The molecule has 0 spiro atoms. The van der Waals surface area contributed by atoms with Crippen molar-refractivity contribution in [1.82, 2.24) is 15.0 Å². The molecule has 0 saturated heterocycles. The van der Waals surface area contributed by atoms with Crippen LogP contribution in [0.15, 0.2) is 237 Å². The average Bonchev–Trinajstić information content (AvgIpc) is 3.65. The monoisotopic (exact) mass is 777 g/mol. The fourth-order valence-corrected chi connectivity index (χ4v) is 9.16. The topological polar surface area (TPSA) is 38.7 Å². The quantitative estimate of drug-likeness (QED) is 0.154. The summed E-state index contributed by atoms with van der Waals surface area (Å²) in [7, 11) is 0. The molecule has 8 aromatic carbocycles. The highest BCUT2D eigenvalue weighted by Gasteiger charge is 2.46. The van der Waals surface area contributed by atoms with Gasteiger partial charge in [-0.3, -0.25) is 4.98 Å². The minimum Gasteiger partial charge on any atom is -0.256 e. The zero-order chi connectivity index (χ0) is 40.6. The molecule has 0 aliphatic heterocycles. The van der Waals surface area contributed by atoms with Gasteiger partial charge in [-0.25, -0.2) is 9.97 Å². The van der Waals surface area contributed by atoms with E-state index in [2.05, 4.69) is 199 Å². The van der Waals surface area contributed by atoms with E-state index in [1.807, 2.05) is 42.6 Å². The molecule has 2 heterocycles. The first-order valence-electron chi connectivity index (χ1n) is 20.8. The SMILES string of the molecule is c1ccc(-c2nc(-c3ccc(-c4ccccn4)cc3)cc(-c3cccc(-c4cccc(-c5ccc6c(c5)C(c5ccccc5)(c5ccccc5)c5ccccc5-6)c4)c3)n2)cc1. The first kappa shape index (κ1) is 36.1. The molecule has 0 atom stereocenters. The lowest BCUT2D eigenvalue weighted by molar-refractivity contribution is 0.769. The highest BCUT2D eigenvalue weighted by Crippen LogP contribution is 2.56. The Morgan fingerprint density at radius 2 is 0.754 bits per heavy atom. The Morgan fingerprint density at radius 1 is 0.279 bits per heavy atom. The van der Waals surface area contributed by atoms with Crippen molar-refractivity contribution < 1.29 is 0 Å². The Morgan fingerprint density at radius 3 is 1.39 bits per heavy atom. The van der Waals surface area contributed by atoms with Crippen molar-refractivity contribution in [1.29, 1.82) is 0 Å². The van der Waals surface area contributed by atoms with Crippen LogP contribution in [0.25, 0.3) is 78.5 Å². The number of aromatic nitrogens is 3. The van der Waals surface area contributed by atoms with Crippen molar-refractivity contribution in [3.8, 4) is 78.5 Å². The zero-order valence-electron chi connectivity index (χ0n) is 33.4. The van der Waals surface area contributed by atoms with Gasteiger partial charge < -0.3 is 0 Å². The van der Waals surface area contributed by atoms with Gasteiger partial charge >= 0.3 is 0 Å². The maximum Gasteiger partial charge on any atom is 0.160 e. The Labute approximate surface area is 356 Å². The van der Waals surface area contributed by atoms with Gasteiger partial charge in [0.05, 0.1) is 22.5 Å². The molecule has 0 bridgehead atoms. The van der Waals surface area contributed by atoms with E-state index >= 15 is 0 Å². The van der Waals surface area contributed by atoms with Gasteiger partial charge in [0.1, 0.15) is 0 Å². The van der Waals surface area contributed by atoms with Crippen molar-refractivity contribution in [3.05, 3.63) is 259 Å². The van der Waals surface area contributed by atoms with Crippen molar-refractivity contribution >= 4 is 0 Å². The fourth-order valence-electron chi connectivity index (χ4n) is 9.16. The van der Waals surface area contributed by atoms with Crippen molar-refractivity contribution in [2.75, 3.05) is 0 Å². The van der Waals surface area contributed by atoms with Crippen LogP contribution < -0.4 is 0 Å². The van der Waals surface area contributed by atoms with Crippen LogP contribution in [0.2, 0.25) is 0 Å². The maximum absolute atomic E-state index is 5.16. The molecule has 3 heteroatoms. The third-order valence-electron chi connectivity index (χ3n) is 12.0. The number of nitrogens with zero attached hydrogens (tertiary/aromatic N) is 3. The predicted molar refractivity (Wildman–Crippen MR) is 250 cm³/mol. The molecule has 0 fully saturated rings. The summed E-state index contributed by atoms with van der Waals surface area (Å²) in [6.07, 6.45) is 1.82. The maximum atomic E-state index is 5.16. The zero-order valence-corrected chi connectivity index (χ0v) is 33.4. The third-order valence-corrected chi connectivity index (χ3v) is 12.0. The lowest BCUT2D eigenvalue weighted by atomic mass is 9.67. The minimum absolute atomic E-state index is 0.452. The molecule has 0 N–H and O–H groups in total. The highest BCUT2D eigenvalue weighted by atomic mass is 14.9. The molecule has 0 unspecified atom stereocenters. The number of pyridine rings is 1. The van der Waals surface area contributed by atoms with Gasteiger partial charge in [0, 0.05) is 28.5 Å². The predicted octanol–water partition coefficient (Wildman–Crippen LogP) is 14.2. The second-order valence-corrected chi connectivity index (χ2v) is 15.6. The molecule has 11 rings (SSSR count). The summed E-state index contributed by atoms with van der Waals surface area (Å²) in [6, 6.07) is 82.3. The Balaban J connectivity index is 0.992. The van der Waals surface area contributed by atoms with E-state index in [4.69, 9.17) is 9.97 Å². The van der Waals surface area contributed by atoms with Crippen LogP contribution in [0, 0.1) is 0 Å². The number of benzene rings is 8. The normalized spacial score (nSPS) is 12.4. The summed E-state index contributed by atoms with van der Waals surface area (Å²) in [4.78, 5) is 14.8. The van der Waals surface area contributed by atoms with Crippen LogP contribution in [-0.2, 0) is 5.41 Å². The molecular formula is C58H39N3. The van der Waals surface area contributed by atoms with Crippen LogP contribution in [0.5, 0.6) is 0 Å². The third kappa shape index (κ3) is 6.44. The van der Waals surface area contributed by atoms with Gasteiger partial charge in [0.2, 0.25) is 0 Å². The molecule has 286 valence electrons. The summed E-state index contributed by atoms with van der Waals surface area (Å²) < 4.78 is 0. The van der Waals surface area contributed by atoms with E-state index in [1.54, 1.807) is 0 Å². The molecule has 1 aliphatic rings. The fraction of sp³-hybridized carbons (Fsp3) is 0.0172. The van der Waals surface area contributed by atoms with E-state index in [9.17, 15) is 0 Å². The molecule has 0 saturated carbocycles. The van der Waals surface area contributed by atoms with E-state index < -0.39 is 5.41 Å². The molecule has 1 aliphatic carbocycles. The summed E-state index contributed by atoms with van der Waals surface area (Å²) in [6.45, 7) is 0. The smallest absolute Gasteiger partial charge is 0.160 e. The van der Waals surface area contributed by atoms with Crippen LogP contribution in [0.1, 0.15) is 22.3 Å². The van der Waals surface area contributed by atoms with Gasteiger partial charge in [-0.05, 0) is 92.0 Å². The van der Waals surface area contributed by atoms with Gasteiger partial charge in [0.15, 0.2) is 5.82 Å². The van der Waals surface area contributed by atoms with Crippen molar-refractivity contribution in [3.63, 3.8) is 0 Å². The van der Waals surface area contributed by atoms with Gasteiger partial charge in [-0.1, -0.05) is 194 Å². The van der Waals surface area contributed by atoms with E-state index in [-0.39, 0.29) is 0 Å². The van der Waals surface area contributed by atoms with E-state index in [0.717, 1.165) is 50.5 Å². The molecular weight excluding hydrogens is 739 g/mol. The van der Waals surface area contributed by atoms with Crippen LogP contribution >= 0.6 is 0 Å². The largest absolute Gasteiger partial charge is 0.256 e. The molecule has 61 heavy (non-hydrogen) atoms. The van der Waals surface area contributed by atoms with Gasteiger partial charge in [-0.2, -0.15) is 0 Å². The second-order valence-electron chi connectivity index (χ2n) is 15.6. The van der Waals surface area contributed by atoms with Crippen LogP contribution in [0.3, 0.4) is 0 Å². The molecule has 0 radical (unpaired) electrons. The molecule has 10 aromatic rings. The van der Waals surface area contributed by atoms with Gasteiger partial charge in [-0.15, -0.1) is 0 Å². The van der Waals surface area contributed by atoms with Crippen LogP contribution in [-0.4, -0.2) is 15.0 Å². The lowest BCUT2D eigenvalue weighted by Gasteiger charge is -2.34. The molecule has 3 nitrogen and oxygen atoms in total. The Hall–Kier alpha value is -8.01. The number of hydrogen-bond acceptors (Lipinski definition) is 3. The second kappa shape index (κ2) is 15.3. The van der Waals surface area contributed by atoms with Crippen molar-refractivity contribution in [2.45, 2.75) is 5.41 Å². The Bertz CT molecular complexity index is 3120. The summed E-state index contributed by atoms with van der Waals surface area (Å²) in [5, 5.41) is 0.